The molecule has 0 aromatic heterocycles. The second-order valence-electron chi connectivity index (χ2n) is 5.53. The molecule has 0 N–H and O–H groups in total. The van der Waals surface area contributed by atoms with Crippen molar-refractivity contribution in [3.05, 3.63) is 0 Å². The van der Waals surface area contributed by atoms with E-state index in [9.17, 15) is 4.79 Å². The van der Waals surface area contributed by atoms with Crippen LogP contribution in [0.3, 0.4) is 0 Å². The Hall–Kier alpha value is -0.330. The molecule has 0 heterocycles. The summed E-state index contributed by atoms with van der Waals surface area (Å²) in [5, 5.41) is 0. The monoisotopic (exact) mass is 180 g/mol. The molecule has 0 saturated heterocycles. The second kappa shape index (κ2) is 3.11. The molecule has 0 aromatic rings. The summed E-state index contributed by atoms with van der Waals surface area (Å²) in [5.41, 5.74) is 0.612. The van der Waals surface area contributed by atoms with Gasteiger partial charge in [0.25, 0.3) is 0 Å². The molecule has 0 aliphatic heterocycles. The van der Waals surface area contributed by atoms with Crippen LogP contribution in [0, 0.1) is 10.8 Å². The number of rotatable bonds is 3. The van der Waals surface area contributed by atoms with Gasteiger partial charge in [-0.2, -0.15) is 0 Å². The van der Waals surface area contributed by atoms with Crippen molar-refractivity contribution in [1.82, 2.24) is 0 Å². The summed E-state index contributed by atoms with van der Waals surface area (Å²) in [5.74, 6) is 0. The second-order valence-corrected chi connectivity index (χ2v) is 5.53. The van der Waals surface area contributed by atoms with Crippen molar-refractivity contribution in [3.8, 4) is 0 Å². The number of carbonyl (C=O) groups excluding carboxylic acids is 1. The van der Waals surface area contributed by atoms with Gasteiger partial charge >= 0.3 is 0 Å². The van der Waals surface area contributed by atoms with E-state index in [0.29, 0.717) is 5.41 Å². The minimum absolute atomic E-state index is 0.110. The molecule has 0 radical (unpaired) electrons. The maximum atomic E-state index is 11.0. The fraction of sp³-hybridized carbons (Fsp3) is 0.917. The van der Waals surface area contributed by atoms with Gasteiger partial charge in [0, 0.05) is 5.41 Å². The van der Waals surface area contributed by atoms with Gasteiger partial charge in [-0.25, -0.2) is 0 Å². The fourth-order valence-corrected chi connectivity index (χ4v) is 3.22. The van der Waals surface area contributed by atoms with Crippen LogP contribution < -0.4 is 0 Å². The lowest BCUT2D eigenvalue weighted by molar-refractivity contribution is -0.123. The largest absolute Gasteiger partial charge is 0.303 e. The highest BCUT2D eigenvalue weighted by Gasteiger charge is 2.43. The average Bonchev–Trinajstić information content (AvgIpc) is 2.45. The van der Waals surface area contributed by atoms with Gasteiger partial charge < -0.3 is 4.79 Å². The van der Waals surface area contributed by atoms with E-state index in [2.05, 4.69) is 6.92 Å². The first-order valence-corrected chi connectivity index (χ1v) is 5.65. The molecule has 1 heteroatoms. The molecule has 0 bridgehead atoms. The molecule has 0 amide bonds. The third kappa shape index (κ3) is 1.66. The molecule has 0 atom stereocenters. The van der Waals surface area contributed by atoms with E-state index in [1.807, 2.05) is 0 Å². The molecular weight excluding hydrogens is 160 g/mol. The predicted molar refractivity (Wildman–Crippen MR) is 53.5 cm³/mol. The zero-order chi connectivity index (χ0) is 9.36. The maximum Gasteiger partial charge on any atom is 0.126 e. The first-order valence-electron chi connectivity index (χ1n) is 5.65. The van der Waals surface area contributed by atoms with Crippen LogP contribution in [0.15, 0.2) is 0 Å². The Morgan fingerprint density at radius 1 is 1.08 bits per heavy atom. The molecule has 13 heavy (non-hydrogen) atoms. The van der Waals surface area contributed by atoms with Crippen molar-refractivity contribution < 1.29 is 4.79 Å². The average molecular weight is 180 g/mol. The quantitative estimate of drug-likeness (QED) is 0.609. The number of hydrogen-bond acceptors (Lipinski definition) is 1. The van der Waals surface area contributed by atoms with Gasteiger partial charge in [0.05, 0.1) is 0 Å². The number of aldehydes is 1. The molecular formula is C12H20O. The highest BCUT2D eigenvalue weighted by Crippen LogP contribution is 2.52. The van der Waals surface area contributed by atoms with Crippen molar-refractivity contribution in [2.75, 3.05) is 0 Å². The normalized spacial score (nSPS) is 29.6. The van der Waals surface area contributed by atoms with Crippen LogP contribution in [0.5, 0.6) is 0 Å². The van der Waals surface area contributed by atoms with E-state index in [-0.39, 0.29) is 5.41 Å². The predicted octanol–water partition coefficient (Wildman–Crippen LogP) is 3.33. The molecule has 2 rings (SSSR count). The Morgan fingerprint density at radius 3 is 2.08 bits per heavy atom. The van der Waals surface area contributed by atoms with Crippen molar-refractivity contribution >= 4 is 6.29 Å². The van der Waals surface area contributed by atoms with Crippen molar-refractivity contribution in [1.29, 1.82) is 0 Å². The summed E-state index contributed by atoms with van der Waals surface area (Å²) >= 11 is 0. The van der Waals surface area contributed by atoms with E-state index in [0.717, 1.165) is 12.8 Å². The molecule has 2 fully saturated rings. The molecule has 0 unspecified atom stereocenters. The molecule has 0 spiro atoms. The van der Waals surface area contributed by atoms with Crippen LogP contribution in [0.4, 0.5) is 0 Å². The highest BCUT2D eigenvalue weighted by atomic mass is 16.1. The van der Waals surface area contributed by atoms with Gasteiger partial charge in [-0.1, -0.05) is 26.2 Å². The minimum atomic E-state index is 0.110. The lowest BCUT2D eigenvalue weighted by Gasteiger charge is -2.42. The molecule has 2 saturated carbocycles. The molecule has 2 aliphatic carbocycles. The van der Waals surface area contributed by atoms with Gasteiger partial charge in [0.1, 0.15) is 6.29 Å². The van der Waals surface area contributed by atoms with E-state index >= 15 is 0 Å². The van der Waals surface area contributed by atoms with Crippen LogP contribution in [0.2, 0.25) is 0 Å². The van der Waals surface area contributed by atoms with Crippen LogP contribution in [-0.2, 0) is 4.79 Å². The number of carbonyl (C=O) groups is 1. The standard InChI is InChI=1S/C12H20O/c1-11(5-2-3-6-11)9-12(10-13)7-4-8-12/h10H,2-9H2,1H3. The Labute approximate surface area is 80.9 Å². The third-order valence-corrected chi connectivity index (χ3v) is 4.19. The molecule has 1 nitrogen and oxygen atoms in total. The van der Waals surface area contributed by atoms with E-state index in [1.165, 1.54) is 44.8 Å². The lowest BCUT2D eigenvalue weighted by atomic mass is 9.61. The summed E-state index contributed by atoms with van der Waals surface area (Å²) in [6.07, 6.45) is 11.5. The summed E-state index contributed by atoms with van der Waals surface area (Å²) < 4.78 is 0. The van der Waals surface area contributed by atoms with Crippen LogP contribution in [0.25, 0.3) is 0 Å². The van der Waals surface area contributed by atoms with Gasteiger partial charge in [-0.15, -0.1) is 0 Å². The highest BCUT2D eigenvalue weighted by molar-refractivity contribution is 5.61. The molecule has 0 aromatic carbocycles. The minimum Gasteiger partial charge on any atom is -0.303 e. The van der Waals surface area contributed by atoms with Gasteiger partial charge in [0.15, 0.2) is 0 Å². The summed E-state index contributed by atoms with van der Waals surface area (Å²) in [6, 6.07) is 0. The van der Waals surface area contributed by atoms with Crippen LogP contribution in [0.1, 0.15) is 58.3 Å². The topological polar surface area (TPSA) is 17.1 Å². The molecule has 74 valence electrons. The molecule has 2 aliphatic rings. The number of hydrogen-bond donors (Lipinski definition) is 0. The first-order chi connectivity index (χ1) is 6.18. The zero-order valence-corrected chi connectivity index (χ0v) is 8.64. The van der Waals surface area contributed by atoms with E-state index < -0.39 is 0 Å². The smallest absolute Gasteiger partial charge is 0.126 e. The van der Waals surface area contributed by atoms with Crippen molar-refractivity contribution in [2.45, 2.75) is 58.3 Å². The fourth-order valence-electron chi connectivity index (χ4n) is 3.22. The van der Waals surface area contributed by atoms with Crippen molar-refractivity contribution in [3.63, 3.8) is 0 Å². The van der Waals surface area contributed by atoms with Crippen LogP contribution in [-0.4, -0.2) is 6.29 Å². The van der Waals surface area contributed by atoms with Gasteiger partial charge in [0.2, 0.25) is 0 Å². The lowest BCUT2D eigenvalue weighted by Crippen LogP contribution is -2.36. The Kier molecular flexibility index (Phi) is 2.21. The zero-order valence-electron chi connectivity index (χ0n) is 8.64. The van der Waals surface area contributed by atoms with Gasteiger partial charge in [-0.05, 0) is 37.5 Å². The Bertz CT molecular complexity index is 197. The van der Waals surface area contributed by atoms with Gasteiger partial charge in [-0.3, -0.25) is 0 Å². The summed E-state index contributed by atoms with van der Waals surface area (Å²) in [4.78, 5) is 11.0. The van der Waals surface area contributed by atoms with E-state index in [4.69, 9.17) is 0 Å². The van der Waals surface area contributed by atoms with E-state index in [1.54, 1.807) is 0 Å². The van der Waals surface area contributed by atoms with Crippen LogP contribution >= 0.6 is 0 Å². The third-order valence-electron chi connectivity index (χ3n) is 4.19. The maximum absolute atomic E-state index is 11.0. The summed E-state index contributed by atoms with van der Waals surface area (Å²) in [7, 11) is 0. The first kappa shape index (κ1) is 9.23. The Morgan fingerprint density at radius 2 is 1.69 bits per heavy atom. The summed E-state index contributed by atoms with van der Waals surface area (Å²) in [6.45, 7) is 2.38. The SMILES string of the molecule is CC1(CC2(C=O)CCC2)CCCC1. The van der Waals surface area contributed by atoms with Crippen molar-refractivity contribution in [2.24, 2.45) is 10.8 Å². The Balaban J connectivity index is 1.98.